The van der Waals surface area contributed by atoms with Gasteiger partial charge in [-0.2, -0.15) is 0 Å². The lowest BCUT2D eigenvalue weighted by Gasteiger charge is -2.22. The molecular weight excluding hydrogens is 312 g/mol. The van der Waals surface area contributed by atoms with Crippen molar-refractivity contribution < 1.29 is 14.8 Å². The van der Waals surface area contributed by atoms with Crippen LogP contribution in [0.3, 0.4) is 0 Å². The molecule has 4 heteroatoms. The molecule has 1 aromatic heterocycles. The van der Waals surface area contributed by atoms with E-state index < -0.39 is 0 Å². The van der Waals surface area contributed by atoms with Crippen LogP contribution in [0.25, 0.3) is 12.2 Å². The molecule has 0 bridgehead atoms. The average molecular weight is 339 g/mol. The van der Waals surface area contributed by atoms with Gasteiger partial charge in [-0.25, -0.2) is 4.57 Å². The molecule has 0 unspecified atom stereocenters. The molecule has 0 aliphatic rings. The van der Waals surface area contributed by atoms with Crippen molar-refractivity contribution in [2.24, 2.45) is 0 Å². The van der Waals surface area contributed by atoms with Crippen LogP contribution in [-0.4, -0.2) is 36.5 Å². The first kappa shape index (κ1) is 18.9. The predicted octanol–water partition coefficient (Wildman–Crippen LogP) is 2.51. The van der Waals surface area contributed by atoms with Crippen molar-refractivity contribution >= 4 is 17.8 Å². The third-order valence-corrected chi connectivity index (χ3v) is 3.97. The van der Waals surface area contributed by atoms with E-state index in [9.17, 15) is 0 Å². The maximum atomic E-state index is 9.12. The van der Waals surface area contributed by atoms with Gasteiger partial charge in [0, 0.05) is 37.3 Å². The molecule has 132 valence electrons. The number of aromatic nitrogens is 1. The van der Waals surface area contributed by atoms with E-state index in [1.54, 1.807) is 0 Å². The third-order valence-electron chi connectivity index (χ3n) is 3.97. The lowest BCUT2D eigenvalue weighted by Crippen LogP contribution is -2.32. The monoisotopic (exact) mass is 339 g/mol. The third kappa shape index (κ3) is 6.18. The molecule has 0 saturated carbocycles. The Morgan fingerprint density at radius 2 is 1.44 bits per heavy atom. The van der Waals surface area contributed by atoms with E-state index in [0.29, 0.717) is 13.1 Å². The Bertz CT molecular complexity index is 657. The number of hydrogen-bond acceptors (Lipinski definition) is 3. The minimum Gasteiger partial charge on any atom is -0.395 e. The Hall–Kier alpha value is -2.43. The number of aliphatic hydroxyl groups is 2. The second kappa shape index (κ2) is 10.4. The topological polar surface area (TPSA) is 47.6 Å². The summed E-state index contributed by atoms with van der Waals surface area (Å²) in [6.45, 7) is 5.88. The fraction of sp³-hybridized carbons (Fsp3) is 0.286. The van der Waals surface area contributed by atoms with Crippen molar-refractivity contribution in [3.8, 4) is 0 Å². The quantitative estimate of drug-likeness (QED) is 0.516. The molecule has 0 aliphatic heterocycles. The van der Waals surface area contributed by atoms with Crippen LogP contribution in [0.5, 0.6) is 0 Å². The van der Waals surface area contributed by atoms with Crippen LogP contribution < -0.4 is 9.47 Å². The molecular formula is C21H27N2O2+. The Morgan fingerprint density at radius 3 is 1.96 bits per heavy atom. The number of anilines is 1. The average Bonchev–Trinajstić information content (AvgIpc) is 2.66. The van der Waals surface area contributed by atoms with Gasteiger partial charge in [-0.1, -0.05) is 30.4 Å². The predicted molar refractivity (Wildman–Crippen MR) is 103 cm³/mol. The Morgan fingerprint density at radius 1 is 0.880 bits per heavy atom. The van der Waals surface area contributed by atoms with Gasteiger partial charge in [0.15, 0.2) is 18.9 Å². The number of aliphatic hydroxyl groups excluding tert-OH is 2. The summed E-state index contributed by atoms with van der Waals surface area (Å²) in [5.74, 6) is 0. The van der Waals surface area contributed by atoms with Crippen LogP contribution in [0.1, 0.15) is 17.5 Å². The largest absolute Gasteiger partial charge is 0.395 e. The number of allylic oxidation sites excluding steroid dienone is 1. The molecule has 0 spiro atoms. The van der Waals surface area contributed by atoms with Crippen molar-refractivity contribution in [3.05, 3.63) is 72.6 Å². The van der Waals surface area contributed by atoms with Gasteiger partial charge < -0.3 is 15.1 Å². The van der Waals surface area contributed by atoms with Crippen LogP contribution in [-0.2, 0) is 6.54 Å². The Labute approximate surface area is 150 Å². The molecule has 0 atom stereocenters. The van der Waals surface area contributed by atoms with E-state index in [1.165, 1.54) is 0 Å². The van der Waals surface area contributed by atoms with E-state index in [4.69, 9.17) is 10.2 Å². The summed E-state index contributed by atoms with van der Waals surface area (Å²) >= 11 is 0. The first-order valence-corrected chi connectivity index (χ1v) is 8.61. The van der Waals surface area contributed by atoms with Gasteiger partial charge in [0.2, 0.25) is 0 Å². The Balaban J connectivity index is 1.99. The normalized spacial score (nSPS) is 11.0. The molecule has 25 heavy (non-hydrogen) atoms. The van der Waals surface area contributed by atoms with E-state index in [0.717, 1.165) is 29.8 Å². The van der Waals surface area contributed by atoms with Crippen molar-refractivity contribution in [1.29, 1.82) is 0 Å². The Kier molecular flexibility index (Phi) is 7.89. The molecule has 2 aromatic rings. The molecule has 1 aromatic carbocycles. The van der Waals surface area contributed by atoms with E-state index in [2.05, 4.69) is 47.8 Å². The summed E-state index contributed by atoms with van der Waals surface area (Å²) in [7, 11) is 0. The number of pyridine rings is 1. The van der Waals surface area contributed by atoms with E-state index in [1.807, 2.05) is 35.2 Å². The summed E-state index contributed by atoms with van der Waals surface area (Å²) in [6, 6.07) is 12.3. The lowest BCUT2D eigenvalue weighted by molar-refractivity contribution is -0.696. The van der Waals surface area contributed by atoms with Crippen LogP contribution in [0, 0.1) is 0 Å². The van der Waals surface area contributed by atoms with Gasteiger partial charge in [0.05, 0.1) is 13.2 Å². The second-order valence-electron chi connectivity index (χ2n) is 5.81. The second-order valence-corrected chi connectivity index (χ2v) is 5.81. The summed E-state index contributed by atoms with van der Waals surface area (Å²) in [6.07, 6.45) is 11.2. The first-order valence-electron chi connectivity index (χ1n) is 8.61. The highest BCUT2D eigenvalue weighted by Gasteiger charge is 2.04. The van der Waals surface area contributed by atoms with Crippen LogP contribution in [0.4, 0.5) is 5.69 Å². The molecule has 0 aliphatic carbocycles. The standard InChI is InChI=1S/C21H27N2O2/c1-2-3-12-22-13-10-20(11-14-22)5-4-19-6-8-21(9-7-19)23(15-17-24)16-18-25/h2,4-11,13-14,24-25H,1,3,12,15-18H2/q+1. The minimum atomic E-state index is 0.0719. The maximum Gasteiger partial charge on any atom is 0.169 e. The van der Waals surface area contributed by atoms with Crippen LogP contribution in [0.15, 0.2) is 61.4 Å². The van der Waals surface area contributed by atoms with Crippen LogP contribution in [0.2, 0.25) is 0 Å². The smallest absolute Gasteiger partial charge is 0.169 e. The summed E-state index contributed by atoms with van der Waals surface area (Å²) in [5.41, 5.74) is 3.27. The molecule has 2 rings (SSSR count). The van der Waals surface area contributed by atoms with Crippen molar-refractivity contribution in [2.75, 3.05) is 31.2 Å². The highest BCUT2D eigenvalue weighted by atomic mass is 16.3. The number of aryl methyl sites for hydroxylation is 1. The number of benzene rings is 1. The lowest BCUT2D eigenvalue weighted by atomic mass is 10.1. The number of hydrogen-bond donors (Lipinski definition) is 2. The van der Waals surface area contributed by atoms with Crippen molar-refractivity contribution in [2.45, 2.75) is 13.0 Å². The van der Waals surface area contributed by atoms with Gasteiger partial charge in [0.1, 0.15) is 0 Å². The molecule has 0 fully saturated rings. The molecule has 2 N–H and O–H groups in total. The van der Waals surface area contributed by atoms with Crippen molar-refractivity contribution in [1.82, 2.24) is 0 Å². The fourth-order valence-corrected chi connectivity index (χ4v) is 2.57. The minimum absolute atomic E-state index is 0.0719. The zero-order valence-corrected chi connectivity index (χ0v) is 14.6. The first-order chi connectivity index (χ1) is 12.3. The van der Waals surface area contributed by atoms with Crippen LogP contribution >= 0.6 is 0 Å². The number of nitrogens with zero attached hydrogens (tertiary/aromatic N) is 2. The van der Waals surface area contributed by atoms with Gasteiger partial charge in [-0.15, -0.1) is 6.58 Å². The molecule has 0 radical (unpaired) electrons. The summed E-state index contributed by atoms with van der Waals surface area (Å²) in [4.78, 5) is 1.96. The zero-order valence-electron chi connectivity index (χ0n) is 14.6. The SMILES string of the molecule is C=CCC[n+]1ccc(/C=C/c2ccc(N(CCO)CCO)cc2)cc1. The number of rotatable bonds is 10. The highest BCUT2D eigenvalue weighted by Crippen LogP contribution is 2.16. The van der Waals surface area contributed by atoms with E-state index in [-0.39, 0.29) is 13.2 Å². The molecule has 1 heterocycles. The van der Waals surface area contributed by atoms with Gasteiger partial charge in [0.25, 0.3) is 0 Å². The molecule has 0 amide bonds. The summed E-state index contributed by atoms with van der Waals surface area (Å²) in [5, 5.41) is 18.2. The van der Waals surface area contributed by atoms with Gasteiger partial charge in [-0.05, 0) is 23.3 Å². The summed E-state index contributed by atoms with van der Waals surface area (Å²) < 4.78 is 2.14. The maximum absolute atomic E-state index is 9.12. The molecule has 0 saturated heterocycles. The van der Waals surface area contributed by atoms with E-state index >= 15 is 0 Å². The van der Waals surface area contributed by atoms with Gasteiger partial charge >= 0.3 is 0 Å². The fourth-order valence-electron chi connectivity index (χ4n) is 2.57. The van der Waals surface area contributed by atoms with Crippen molar-refractivity contribution in [3.63, 3.8) is 0 Å². The molecule has 4 nitrogen and oxygen atoms in total. The zero-order chi connectivity index (χ0) is 17.9. The van der Waals surface area contributed by atoms with Gasteiger partial charge in [-0.3, -0.25) is 0 Å². The highest BCUT2D eigenvalue weighted by molar-refractivity contribution is 5.70.